The summed E-state index contributed by atoms with van der Waals surface area (Å²) in [5, 5.41) is 7.57. The van der Waals surface area contributed by atoms with Crippen LogP contribution in [-0.4, -0.2) is 81.9 Å². The van der Waals surface area contributed by atoms with Crippen LogP contribution < -0.4 is 15.5 Å². The molecule has 0 amide bonds. The molecule has 1 aromatic rings. The van der Waals surface area contributed by atoms with Crippen molar-refractivity contribution >= 4 is 47.4 Å². The van der Waals surface area contributed by atoms with Gasteiger partial charge in [-0.3, -0.25) is 4.99 Å². The summed E-state index contributed by atoms with van der Waals surface area (Å²) in [6, 6.07) is 4.07. The molecule has 9 heteroatoms. The Morgan fingerprint density at radius 1 is 1.48 bits per heavy atom. The van der Waals surface area contributed by atoms with Crippen molar-refractivity contribution in [2.75, 3.05) is 64.9 Å². The van der Waals surface area contributed by atoms with Gasteiger partial charge in [0.1, 0.15) is 5.82 Å². The summed E-state index contributed by atoms with van der Waals surface area (Å²) in [5.41, 5.74) is 0. The fourth-order valence-corrected chi connectivity index (χ4v) is 3.13. The van der Waals surface area contributed by atoms with Gasteiger partial charge in [-0.2, -0.15) is 0 Å². The number of halogens is 2. The molecule has 2 N–H and O–H groups in total. The summed E-state index contributed by atoms with van der Waals surface area (Å²) in [6.07, 6.45) is 2.82. The van der Waals surface area contributed by atoms with Gasteiger partial charge < -0.3 is 25.2 Å². The van der Waals surface area contributed by atoms with Gasteiger partial charge >= 0.3 is 0 Å². The van der Waals surface area contributed by atoms with E-state index in [-0.39, 0.29) is 24.0 Å². The first kappa shape index (κ1) is 24.2. The van der Waals surface area contributed by atoms with E-state index in [4.69, 9.17) is 21.3 Å². The lowest BCUT2D eigenvalue weighted by atomic mass is 10.3. The maximum absolute atomic E-state index is 6.27. The highest BCUT2D eigenvalue weighted by atomic mass is 127. The maximum Gasteiger partial charge on any atom is 0.191 e. The third-order valence-corrected chi connectivity index (χ3v) is 4.64. The number of rotatable bonds is 9. The van der Waals surface area contributed by atoms with E-state index >= 15 is 0 Å². The van der Waals surface area contributed by atoms with Crippen molar-refractivity contribution in [2.45, 2.75) is 19.4 Å². The average molecular weight is 511 g/mol. The van der Waals surface area contributed by atoms with E-state index in [1.807, 2.05) is 12.1 Å². The minimum absolute atomic E-state index is 0. The van der Waals surface area contributed by atoms with Crippen LogP contribution in [0.5, 0.6) is 0 Å². The number of nitrogens with one attached hydrogen (secondary N) is 2. The van der Waals surface area contributed by atoms with Gasteiger partial charge in [-0.05, 0) is 32.5 Å². The van der Waals surface area contributed by atoms with E-state index in [1.54, 1.807) is 13.3 Å². The van der Waals surface area contributed by atoms with Crippen LogP contribution >= 0.6 is 35.6 Å². The molecular formula is C18H32ClIN6O. The highest BCUT2D eigenvalue weighted by molar-refractivity contribution is 14.0. The summed E-state index contributed by atoms with van der Waals surface area (Å²) in [6.45, 7) is 8.04. The van der Waals surface area contributed by atoms with E-state index in [0.717, 1.165) is 64.1 Å². The van der Waals surface area contributed by atoms with Gasteiger partial charge in [0.25, 0.3) is 0 Å². The number of aromatic nitrogens is 1. The van der Waals surface area contributed by atoms with Crippen LogP contribution in [0.3, 0.4) is 0 Å². The Bertz CT molecular complexity index is 577. The quantitative estimate of drug-likeness (QED) is 0.301. The van der Waals surface area contributed by atoms with E-state index in [2.05, 4.69) is 39.4 Å². The third kappa shape index (κ3) is 8.37. The second-order valence-electron chi connectivity index (χ2n) is 6.44. The molecule has 0 radical (unpaired) electrons. The van der Waals surface area contributed by atoms with Crippen LogP contribution in [0.25, 0.3) is 0 Å². The fourth-order valence-electron chi connectivity index (χ4n) is 2.89. The first-order valence-electron chi connectivity index (χ1n) is 9.21. The largest absolute Gasteiger partial charge is 0.383 e. The number of ether oxygens (including phenoxy) is 1. The van der Waals surface area contributed by atoms with Crippen LogP contribution in [0.1, 0.15) is 13.3 Å². The summed E-state index contributed by atoms with van der Waals surface area (Å²) in [4.78, 5) is 13.5. The zero-order chi connectivity index (χ0) is 18.8. The topological polar surface area (TPSA) is 65.0 Å². The summed E-state index contributed by atoms with van der Waals surface area (Å²) < 4.78 is 5.10. The molecule has 1 fully saturated rings. The van der Waals surface area contributed by atoms with Gasteiger partial charge in [0.2, 0.25) is 0 Å². The summed E-state index contributed by atoms with van der Waals surface area (Å²) in [7, 11) is 3.81. The molecule has 1 aliphatic rings. The lowest BCUT2D eigenvalue weighted by molar-refractivity contribution is 0.163. The molecule has 1 atom stereocenters. The lowest BCUT2D eigenvalue weighted by Crippen LogP contribution is -2.45. The SMILES string of the molecule is CCNC(=NCCN(C)CCOC)NC1CCN(c2ncccc2Cl)C1.I. The number of aliphatic imine (C=N–C) groups is 1. The fraction of sp³-hybridized carbons (Fsp3) is 0.667. The Balaban J connectivity index is 0.00000364. The average Bonchev–Trinajstić information content (AvgIpc) is 3.08. The van der Waals surface area contributed by atoms with Crippen LogP contribution in [-0.2, 0) is 4.74 Å². The Hall–Kier alpha value is -0.840. The minimum atomic E-state index is 0. The Morgan fingerprint density at radius 3 is 3.00 bits per heavy atom. The Labute approximate surface area is 184 Å². The van der Waals surface area contributed by atoms with Crippen molar-refractivity contribution in [2.24, 2.45) is 4.99 Å². The van der Waals surface area contributed by atoms with Crippen molar-refractivity contribution in [1.82, 2.24) is 20.5 Å². The molecule has 2 rings (SSSR count). The number of likely N-dealkylation sites (N-methyl/N-ethyl adjacent to an activating group) is 1. The van der Waals surface area contributed by atoms with Crippen molar-refractivity contribution in [3.8, 4) is 0 Å². The molecule has 1 aromatic heterocycles. The number of anilines is 1. The molecule has 0 saturated carbocycles. The first-order chi connectivity index (χ1) is 12.6. The van der Waals surface area contributed by atoms with E-state index in [1.165, 1.54) is 0 Å². The second-order valence-corrected chi connectivity index (χ2v) is 6.85. The van der Waals surface area contributed by atoms with Gasteiger partial charge in [-0.15, -0.1) is 24.0 Å². The maximum atomic E-state index is 6.27. The van der Waals surface area contributed by atoms with Gasteiger partial charge in [-0.25, -0.2) is 4.98 Å². The first-order valence-corrected chi connectivity index (χ1v) is 9.59. The van der Waals surface area contributed by atoms with E-state index in [0.29, 0.717) is 11.1 Å². The van der Waals surface area contributed by atoms with Gasteiger partial charge in [-0.1, -0.05) is 11.6 Å². The molecule has 154 valence electrons. The van der Waals surface area contributed by atoms with Crippen LogP contribution in [0.2, 0.25) is 5.02 Å². The zero-order valence-corrected chi connectivity index (χ0v) is 19.5. The number of guanidine groups is 1. The number of methoxy groups -OCH3 is 1. The van der Waals surface area contributed by atoms with Crippen molar-refractivity contribution in [3.05, 3.63) is 23.4 Å². The van der Waals surface area contributed by atoms with E-state index < -0.39 is 0 Å². The van der Waals surface area contributed by atoms with Crippen molar-refractivity contribution in [1.29, 1.82) is 0 Å². The summed E-state index contributed by atoms with van der Waals surface area (Å²) >= 11 is 6.27. The van der Waals surface area contributed by atoms with Crippen LogP contribution in [0, 0.1) is 0 Å². The van der Waals surface area contributed by atoms with Crippen molar-refractivity contribution in [3.63, 3.8) is 0 Å². The Kier molecular flexibility index (Phi) is 12.0. The second kappa shape index (κ2) is 13.4. The zero-order valence-electron chi connectivity index (χ0n) is 16.4. The van der Waals surface area contributed by atoms with Crippen LogP contribution in [0.15, 0.2) is 23.3 Å². The van der Waals surface area contributed by atoms with Crippen molar-refractivity contribution < 1.29 is 4.74 Å². The molecule has 0 aromatic carbocycles. The summed E-state index contributed by atoms with van der Waals surface area (Å²) in [5.74, 6) is 1.73. The third-order valence-electron chi connectivity index (χ3n) is 4.34. The molecule has 1 saturated heterocycles. The lowest BCUT2D eigenvalue weighted by Gasteiger charge is -2.20. The molecule has 1 unspecified atom stereocenters. The molecule has 0 aliphatic carbocycles. The van der Waals surface area contributed by atoms with E-state index in [9.17, 15) is 0 Å². The molecule has 0 bridgehead atoms. The molecule has 27 heavy (non-hydrogen) atoms. The van der Waals surface area contributed by atoms with Gasteiger partial charge in [0.15, 0.2) is 5.96 Å². The van der Waals surface area contributed by atoms with Gasteiger partial charge in [0.05, 0.1) is 18.2 Å². The molecule has 7 nitrogen and oxygen atoms in total. The monoisotopic (exact) mass is 510 g/mol. The molecular weight excluding hydrogens is 479 g/mol. The predicted octanol–water partition coefficient (Wildman–Crippen LogP) is 2.06. The minimum Gasteiger partial charge on any atom is -0.383 e. The smallest absolute Gasteiger partial charge is 0.191 e. The number of nitrogens with zero attached hydrogens (tertiary/aromatic N) is 4. The normalized spacial score (nSPS) is 17.1. The molecule has 1 aliphatic heterocycles. The number of pyridine rings is 1. The number of hydrogen-bond acceptors (Lipinski definition) is 5. The predicted molar refractivity (Wildman–Crippen MR) is 124 cm³/mol. The standard InChI is InChI=1S/C18H31ClN6O.HI/c1-4-20-18(22-9-11-24(2)12-13-26-3)23-15-7-10-25(14-15)17-16(19)6-5-8-21-17;/h5-6,8,15H,4,7,9-14H2,1-3H3,(H2,20,22,23);1H. The highest BCUT2D eigenvalue weighted by Gasteiger charge is 2.25. The highest BCUT2D eigenvalue weighted by Crippen LogP contribution is 2.25. The van der Waals surface area contributed by atoms with Crippen LogP contribution in [0.4, 0.5) is 5.82 Å². The number of hydrogen-bond donors (Lipinski definition) is 2. The molecule has 2 heterocycles. The van der Waals surface area contributed by atoms with Gasteiger partial charge in [0, 0.05) is 52.1 Å². The molecule has 0 spiro atoms. The Morgan fingerprint density at radius 2 is 2.30 bits per heavy atom.